The Kier molecular flexibility index (Phi) is 6.59. The summed E-state index contributed by atoms with van der Waals surface area (Å²) >= 11 is 0. The average Bonchev–Trinajstić information content (AvgIpc) is 3.34. The van der Waals surface area contributed by atoms with Crippen LogP contribution < -0.4 is 10.6 Å². The number of halogens is 3. The Morgan fingerprint density at radius 2 is 1.69 bits per heavy atom. The molecule has 0 spiro atoms. The number of alkyl halides is 3. The lowest BCUT2D eigenvalue weighted by Crippen LogP contribution is -2.72. The maximum Gasteiger partial charge on any atom is 0.437 e. The largest absolute Gasteiger partial charge is 0.462 e. The molecule has 8 nitrogen and oxygen atoms in total. The first-order chi connectivity index (χ1) is 17.0. The summed E-state index contributed by atoms with van der Waals surface area (Å²) in [6.07, 6.45) is -5.38. The van der Waals surface area contributed by atoms with Crippen molar-refractivity contribution in [2.75, 3.05) is 6.61 Å². The minimum atomic E-state index is -5.38. The van der Waals surface area contributed by atoms with Gasteiger partial charge in [-0.25, -0.2) is 9.59 Å². The highest BCUT2D eigenvalue weighted by Gasteiger charge is 2.66. The van der Waals surface area contributed by atoms with E-state index in [4.69, 9.17) is 9.15 Å². The number of ketones is 1. The number of carbonyl (C=O) groups excluding carboxylic acids is 3. The fraction of sp³-hybridized carbons (Fsp3) is 0.240. The third-order valence-electron chi connectivity index (χ3n) is 5.76. The summed E-state index contributed by atoms with van der Waals surface area (Å²) in [7, 11) is 0. The lowest BCUT2D eigenvalue weighted by molar-refractivity contribution is -0.288. The van der Waals surface area contributed by atoms with E-state index in [1.54, 1.807) is 25.1 Å². The molecule has 0 saturated carbocycles. The zero-order valence-electron chi connectivity index (χ0n) is 18.8. The Hall–Kier alpha value is -4.12. The van der Waals surface area contributed by atoms with Crippen LogP contribution in [0.4, 0.5) is 18.0 Å². The molecule has 1 aliphatic rings. The highest BCUT2D eigenvalue weighted by atomic mass is 19.4. The molecule has 1 aliphatic heterocycles. The third-order valence-corrected chi connectivity index (χ3v) is 5.76. The van der Waals surface area contributed by atoms with Crippen molar-refractivity contribution in [1.29, 1.82) is 0 Å². The van der Waals surface area contributed by atoms with Crippen LogP contribution in [0.2, 0.25) is 0 Å². The number of rotatable bonds is 6. The fourth-order valence-corrected chi connectivity index (χ4v) is 4.02. The molecule has 2 amide bonds. The van der Waals surface area contributed by atoms with Crippen molar-refractivity contribution in [2.45, 2.75) is 24.9 Å². The minimum absolute atomic E-state index is 0.0885. The van der Waals surface area contributed by atoms with Crippen LogP contribution in [0.1, 0.15) is 39.4 Å². The summed E-state index contributed by atoms with van der Waals surface area (Å²) < 4.78 is 52.8. The number of benzene rings is 2. The van der Waals surface area contributed by atoms with Crippen molar-refractivity contribution >= 4 is 17.8 Å². The Labute approximate surface area is 203 Å². The maximum absolute atomic E-state index is 14.0. The predicted octanol–water partition coefficient (Wildman–Crippen LogP) is 4.23. The van der Waals surface area contributed by atoms with E-state index in [9.17, 15) is 32.7 Å². The molecule has 1 saturated heterocycles. The molecule has 11 heteroatoms. The first-order valence-electron chi connectivity index (χ1n) is 10.9. The molecular formula is C25H21F3N2O6. The molecule has 3 N–H and O–H groups in total. The zero-order chi connectivity index (χ0) is 26.1. The normalized spacial score (nSPS) is 21.9. The number of nitrogens with one attached hydrogen (secondary N) is 2. The van der Waals surface area contributed by atoms with E-state index < -0.39 is 41.6 Å². The second-order valence-electron chi connectivity index (χ2n) is 8.05. The average molecular weight is 502 g/mol. The van der Waals surface area contributed by atoms with Crippen molar-refractivity contribution in [3.8, 4) is 11.3 Å². The van der Waals surface area contributed by atoms with Crippen LogP contribution in [-0.2, 0) is 4.74 Å². The van der Waals surface area contributed by atoms with Gasteiger partial charge in [-0.05, 0) is 31.2 Å². The summed E-state index contributed by atoms with van der Waals surface area (Å²) in [4.78, 5) is 37.3. The molecule has 0 aliphatic carbocycles. The van der Waals surface area contributed by atoms with Crippen molar-refractivity contribution in [3.05, 3.63) is 83.6 Å². The molecule has 0 unspecified atom stereocenters. The van der Waals surface area contributed by atoms with Crippen LogP contribution in [0.15, 0.2) is 71.1 Å². The molecular weight excluding hydrogens is 481 g/mol. The monoisotopic (exact) mass is 502 g/mol. The van der Waals surface area contributed by atoms with Gasteiger partial charge in [0.25, 0.3) is 0 Å². The summed E-state index contributed by atoms with van der Waals surface area (Å²) in [6, 6.07) is 13.0. The van der Waals surface area contributed by atoms with Crippen molar-refractivity contribution in [3.63, 3.8) is 0 Å². The zero-order valence-corrected chi connectivity index (χ0v) is 18.8. The van der Waals surface area contributed by atoms with Crippen LogP contribution in [0, 0.1) is 5.92 Å². The number of urea groups is 1. The highest BCUT2D eigenvalue weighted by molar-refractivity contribution is 6.00. The number of esters is 1. The van der Waals surface area contributed by atoms with Crippen LogP contribution in [0.25, 0.3) is 11.3 Å². The summed E-state index contributed by atoms with van der Waals surface area (Å²) in [5.41, 5.74) is -3.18. The second-order valence-corrected chi connectivity index (χ2v) is 8.05. The summed E-state index contributed by atoms with van der Waals surface area (Å²) in [5.74, 6) is -3.75. The summed E-state index contributed by atoms with van der Waals surface area (Å²) in [5, 5.41) is 14.4. The number of hydrogen-bond acceptors (Lipinski definition) is 6. The van der Waals surface area contributed by atoms with Gasteiger partial charge in [-0.3, -0.25) is 4.79 Å². The standard InChI is InChI=1S/C25H21F3N2O6/c1-2-35-22(32)16-10-8-14(9-11-16)17-12-13-18(36-17)20-19(21(31)15-6-4-3-5-7-15)24(34,25(26,27)28)30-23(33)29-20/h3-13,19-20,34H,2H2,1H3,(H2,29,30,33)/t19-,20+,24+/m1/s1. The van der Waals surface area contributed by atoms with E-state index >= 15 is 0 Å². The fourth-order valence-electron chi connectivity index (χ4n) is 4.02. The molecule has 2 heterocycles. The van der Waals surface area contributed by atoms with Gasteiger partial charge >= 0.3 is 18.2 Å². The number of Topliss-reactive ketones (excluding diaryl/α,β-unsaturated/α-hetero) is 1. The second kappa shape index (κ2) is 9.50. The number of furan rings is 1. The first-order valence-corrected chi connectivity index (χ1v) is 10.9. The third kappa shape index (κ3) is 4.57. The van der Waals surface area contributed by atoms with Gasteiger partial charge in [-0.2, -0.15) is 13.2 Å². The Morgan fingerprint density at radius 1 is 1.03 bits per heavy atom. The SMILES string of the molecule is CCOC(=O)c1ccc(-c2ccc([C@@H]3NC(=O)N[C@@](O)(C(F)(F)F)[C@H]3C(=O)c3ccccc3)o2)cc1. The van der Waals surface area contributed by atoms with E-state index in [0.29, 0.717) is 11.1 Å². The number of ether oxygens (including phenoxy) is 1. The molecule has 0 radical (unpaired) electrons. The van der Waals surface area contributed by atoms with Crippen LogP contribution >= 0.6 is 0 Å². The van der Waals surface area contributed by atoms with Gasteiger partial charge in [0.2, 0.25) is 5.72 Å². The van der Waals surface area contributed by atoms with Gasteiger partial charge in [0.1, 0.15) is 23.5 Å². The molecule has 188 valence electrons. The molecule has 4 rings (SSSR count). The Bertz CT molecular complexity index is 1270. The van der Waals surface area contributed by atoms with Crippen LogP contribution in [0.3, 0.4) is 0 Å². The van der Waals surface area contributed by atoms with Crippen molar-refractivity contribution < 1.29 is 41.8 Å². The van der Waals surface area contributed by atoms with E-state index in [-0.39, 0.29) is 23.7 Å². The van der Waals surface area contributed by atoms with Gasteiger partial charge in [0.05, 0.1) is 12.2 Å². The van der Waals surface area contributed by atoms with E-state index in [2.05, 4.69) is 5.32 Å². The van der Waals surface area contributed by atoms with Crippen molar-refractivity contribution in [2.24, 2.45) is 5.92 Å². The topological polar surface area (TPSA) is 118 Å². The number of hydrogen-bond donors (Lipinski definition) is 3. The van der Waals surface area contributed by atoms with Gasteiger partial charge in [0, 0.05) is 11.1 Å². The van der Waals surface area contributed by atoms with E-state index in [1.165, 1.54) is 53.8 Å². The minimum Gasteiger partial charge on any atom is -0.462 e. The van der Waals surface area contributed by atoms with E-state index in [0.717, 1.165) is 0 Å². The summed E-state index contributed by atoms with van der Waals surface area (Å²) in [6.45, 7) is 1.88. The number of amides is 2. The number of aliphatic hydroxyl groups is 1. The van der Waals surface area contributed by atoms with Gasteiger partial charge in [0.15, 0.2) is 5.78 Å². The Balaban J connectivity index is 1.72. The first kappa shape index (κ1) is 25.0. The molecule has 1 fully saturated rings. The van der Waals surface area contributed by atoms with Crippen molar-refractivity contribution in [1.82, 2.24) is 10.6 Å². The van der Waals surface area contributed by atoms with Crippen LogP contribution in [0.5, 0.6) is 0 Å². The predicted molar refractivity (Wildman–Crippen MR) is 120 cm³/mol. The smallest absolute Gasteiger partial charge is 0.437 e. The molecule has 0 bridgehead atoms. The van der Waals surface area contributed by atoms with Crippen LogP contribution in [-0.4, -0.2) is 41.4 Å². The number of carbonyl (C=O) groups is 3. The molecule has 2 aromatic carbocycles. The molecule has 3 aromatic rings. The lowest BCUT2D eigenvalue weighted by atomic mass is 9.79. The molecule has 36 heavy (non-hydrogen) atoms. The maximum atomic E-state index is 14.0. The lowest BCUT2D eigenvalue weighted by Gasteiger charge is -2.44. The van der Waals surface area contributed by atoms with E-state index in [1.807, 2.05) is 0 Å². The van der Waals surface area contributed by atoms with Gasteiger partial charge in [-0.1, -0.05) is 42.5 Å². The van der Waals surface area contributed by atoms with Gasteiger partial charge < -0.3 is 24.9 Å². The quantitative estimate of drug-likeness (QED) is 0.343. The highest BCUT2D eigenvalue weighted by Crippen LogP contribution is 2.44. The van der Waals surface area contributed by atoms with Gasteiger partial charge in [-0.15, -0.1) is 0 Å². The molecule has 3 atom stereocenters. The Morgan fingerprint density at radius 3 is 2.31 bits per heavy atom. The molecule has 1 aromatic heterocycles.